The lowest BCUT2D eigenvalue weighted by atomic mass is 10.1. The zero-order chi connectivity index (χ0) is 16.9. The summed E-state index contributed by atoms with van der Waals surface area (Å²) in [6, 6.07) is 6.04. The third-order valence-corrected chi connectivity index (χ3v) is 4.86. The van der Waals surface area contributed by atoms with E-state index in [0.29, 0.717) is 32.6 Å². The van der Waals surface area contributed by atoms with Crippen LogP contribution < -0.4 is 0 Å². The Morgan fingerprint density at radius 3 is 2.21 bits per heavy atom. The number of amides is 2. The summed E-state index contributed by atoms with van der Waals surface area (Å²) in [7, 11) is 0. The third-order valence-electron chi connectivity index (χ3n) is 4.86. The lowest BCUT2D eigenvalue weighted by molar-refractivity contribution is -0.133. The van der Waals surface area contributed by atoms with E-state index >= 15 is 0 Å². The fraction of sp³-hybridized carbons (Fsp3) is 0.556. The summed E-state index contributed by atoms with van der Waals surface area (Å²) in [5.41, 5.74) is 0.103. The number of carbonyl (C=O) groups is 2. The van der Waals surface area contributed by atoms with Crippen LogP contribution in [-0.2, 0) is 4.79 Å². The molecule has 2 aliphatic rings. The van der Waals surface area contributed by atoms with E-state index in [1.54, 1.807) is 17.0 Å². The van der Waals surface area contributed by atoms with Gasteiger partial charge in [-0.3, -0.25) is 9.59 Å². The Bertz CT molecular complexity index is 594. The molecular weight excluding hydrogens is 309 g/mol. The first-order chi connectivity index (χ1) is 11.6. The molecule has 0 radical (unpaired) electrons. The van der Waals surface area contributed by atoms with Crippen LogP contribution in [0.25, 0.3) is 0 Å². The minimum absolute atomic E-state index is 0.103. The number of likely N-dealkylation sites (tertiary alicyclic amines) is 1. The molecule has 130 valence electrons. The van der Waals surface area contributed by atoms with E-state index in [2.05, 4.69) is 4.90 Å². The number of piperazine rings is 1. The summed E-state index contributed by atoms with van der Waals surface area (Å²) in [6.45, 7) is 4.99. The SMILES string of the molecule is O=C(CCN1CCCC1)N1CCN(C(=O)c2ccccc2F)CC1. The standard InChI is InChI=1S/C18H24FN3O2/c19-16-6-2-1-5-15(16)18(24)22-13-11-21(12-14-22)17(23)7-10-20-8-3-4-9-20/h1-2,5-6H,3-4,7-14H2. The van der Waals surface area contributed by atoms with Gasteiger partial charge >= 0.3 is 0 Å². The molecular formula is C18H24FN3O2. The highest BCUT2D eigenvalue weighted by molar-refractivity contribution is 5.94. The highest BCUT2D eigenvalue weighted by atomic mass is 19.1. The van der Waals surface area contributed by atoms with Crippen molar-refractivity contribution >= 4 is 11.8 Å². The maximum absolute atomic E-state index is 13.7. The molecule has 0 bridgehead atoms. The molecule has 0 aromatic heterocycles. The number of nitrogens with zero attached hydrogens (tertiary/aromatic N) is 3. The number of benzene rings is 1. The van der Waals surface area contributed by atoms with Crippen LogP contribution in [-0.4, -0.2) is 72.3 Å². The lowest BCUT2D eigenvalue weighted by Gasteiger charge is -2.35. The van der Waals surface area contributed by atoms with E-state index in [1.807, 2.05) is 4.90 Å². The van der Waals surface area contributed by atoms with Crippen molar-refractivity contribution in [1.82, 2.24) is 14.7 Å². The first-order valence-electron chi connectivity index (χ1n) is 8.69. The highest BCUT2D eigenvalue weighted by Gasteiger charge is 2.26. The van der Waals surface area contributed by atoms with Gasteiger partial charge in [-0.25, -0.2) is 4.39 Å². The average molecular weight is 333 g/mol. The number of carbonyl (C=O) groups excluding carboxylic acids is 2. The number of hydrogen-bond donors (Lipinski definition) is 0. The van der Waals surface area contributed by atoms with Crippen LogP contribution in [0.3, 0.4) is 0 Å². The van der Waals surface area contributed by atoms with E-state index in [1.165, 1.54) is 25.0 Å². The molecule has 2 saturated heterocycles. The zero-order valence-electron chi connectivity index (χ0n) is 13.9. The topological polar surface area (TPSA) is 43.9 Å². The summed E-state index contributed by atoms with van der Waals surface area (Å²) < 4.78 is 13.7. The van der Waals surface area contributed by atoms with Crippen molar-refractivity contribution in [3.8, 4) is 0 Å². The minimum Gasteiger partial charge on any atom is -0.339 e. The summed E-state index contributed by atoms with van der Waals surface area (Å²) in [5.74, 6) is -0.635. The largest absolute Gasteiger partial charge is 0.339 e. The van der Waals surface area contributed by atoms with Crippen molar-refractivity contribution in [2.45, 2.75) is 19.3 Å². The van der Waals surface area contributed by atoms with E-state index in [-0.39, 0.29) is 17.4 Å². The summed E-state index contributed by atoms with van der Waals surface area (Å²) in [5, 5.41) is 0. The van der Waals surface area contributed by atoms with Gasteiger partial charge in [-0.1, -0.05) is 12.1 Å². The van der Waals surface area contributed by atoms with Gasteiger partial charge in [0.25, 0.3) is 5.91 Å². The highest BCUT2D eigenvalue weighted by Crippen LogP contribution is 2.13. The molecule has 0 saturated carbocycles. The predicted molar refractivity (Wildman–Crippen MR) is 89.2 cm³/mol. The fourth-order valence-electron chi connectivity index (χ4n) is 3.38. The first-order valence-corrected chi connectivity index (χ1v) is 8.69. The van der Waals surface area contributed by atoms with Crippen LogP contribution in [0.2, 0.25) is 0 Å². The fourth-order valence-corrected chi connectivity index (χ4v) is 3.38. The van der Waals surface area contributed by atoms with Crippen molar-refractivity contribution < 1.29 is 14.0 Å². The Labute approximate surface area is 142 Å². The molecule has 2 aliphatic heterocycles. The van der Waals surface area contributed by atoms with Gasteiger partial charge in [0.1, 0.15) is 5.82 Å². The number of rotatable bonds is 4. The quantitative estimate of drug-likeness (QED) is 0.841. The second-order valence-corrected chi connectivity index (χ2v) is 6.45. The van der Waals surface area contributed by atoms with Crippen molar-refractivity contribution in [2.24, 2.45) is 0 Å². The lowest BCUT2D eigenvalue weighted by Crippen LogP contribution is -2.51. The minimum atomic E-state index is -0.494. The molecule has 3 rings (SSSR count). The van der Waals surface area contributed by atoms with Gasteiger partial charge in [0.2, 0.25) is 5.91 Å². The second kappa shape index (κ2) is 7.75. The number of halogens is 1. The molecule has 6 heteroatoms. The summed E-state index contributed by atoms with van der Waals surface area (Å²) >= 11 is 0. The molecule has 0 spiro atoms. The molecule has 0 unspecified atom stereocenters. The van der Waals surface area contributed by atoms with Crippen LogP contribution in [0, 0.1) is 5.82 Å². The molecule has 5 nitrogen and oxygen atoms in total. The smallest absolute Gasteiger partial charge is 0.256 e. The second-order valence-electron chi connectivity index (χ2n) is 6.45. The Morgan fingerprint density at radius 2 is 1.54 bits per heavy atom. The molecule has 2 fully saturated rings. The van der Waals surface area contributed by atoms with Crippen LogP contribution in [0.4, 0.5) is 4.39 Å². The molecule has 2 amide bonds. The van der Waals surface area contributed by atoms with Gasteiger partial charge in [0.15, 0.2) is 0 Å². The summed E-state index contributed by atoms with van der Waals surface area (Å²) in [4.78, 5) is 30.4. The average Bonchev–Trinajstić information content (AvgIpc) is 3.13. The summed E-state index contributed by atoms with van der Waals surface area (Å²) in [6.07, 6.45) is 3.00. The van der Waals surface area contributed by atoms with Gasteiger partial charge in [-0.2, -0.15) is 0 Å². The van der Waals surface area contributed by atoms with Crippen molar-refractivity contribution in [3.63, 3.8) is 0 Å². The third kappa shape index (κ3) is 3.93. The molecule has 0 atom stereocenters. The molecule has 0 N–H and O–H groups in total. The Balaban J connectivity index is 1.47. The van der Waals surface area contributed by atoms with Crippen molar-refractivity contribution in [3.05, 3.63) is 35.6 Å². The molecule has 24 heavy (non-hydrogen) atoms. The molecule has 1 aromatic rings. The molecule has 0 aliphatic carbocycles. The van der Waals surface area contributed by atoms with E-state index in [4.69, 9.17) is 0 Å². The van der Waals surface area contributed by atoms with E-state index < -0.39 is 5.82 Å². The van der Waals surface area contributed by atoms with Crippen LogP contribution >= 0.6 is 0 Å². The van der Waals surface area contributed by atoms with E-state index in [0.717, 1.165) is 19.6 Å². The molecule has 1 aromatic carbocycles. The van der Waals surface area contributed by atoms with Crippen LogP contribution in [0.5, 0.6) is 0 Å². The Morgan fingerprint density at radius 1 is 0.917 bits per heavy atom. The maximum Gasteiger partial charge on any atom is 0.256 e. The number of hydrogen-bond acceptors (Lipinski definition) is 3. The van der Waals surface area contributed by atoms with Crippen LogP contribution in [0.15, 0.2) is 24.3 Å². The van der Waals surface area contributed by atoms with Gasteiger partial charge in [-0.15, -0.1) is 0 Å². The normalized spacial score (nSPS) is 18.9. The van der Waals surface area contributed by atoms with Crippen LogP contribution in [0.1, 0.15) is 29.6 Å². The van der Waals surface area contributed by atoms with Gasteiger partial charge in [0.05, 0.1) is 5.56 Å². The molecule has 2 heterocycles. The zero-order valence-corrected chi connectivity index (χ0v) is 13.9. The van der Waals surface area contributed by atoms with Gasteiger partial charge < -0.3 is 14.7 Å². The van der Waals surface area contributed by atoms with Crippen molar-refractivity contribution in [2.75, 3.05) is 45.8 Å². The van der Waals surface area contributed by atoms with Crippen molar-refractivity contribution in [1.29, 1.82) is 0 Å². The van der Waals surface area contributed by atoms with E-state index in [9.17, 15) is 14.0 Å². The van der Waals surface area contributed by atoms with Gasteiger partial charge in [-0.05, 0) is 38.1 Å². The Kier molecular flexibility index (Phi) is 5.45. The monoisotopic (exact) mass is 333 g/mol. The predicted octanol–water partition coefficient (Wildman–Crippen LogP) is 1.60. The first kappa shape index (κ1) is 16.9. The van der Waals surface area contributed by atoms with Gasteiger partial charge in [0, 0.05) is 39.1 Å². The Hall–Kier alpha value is -1.95. The maximum atomic E-state index is 13.7.